The molecule has 0 fully saturated rings. The Kier molecular flexibility index (Phi) is 6.69. The number of aromatic nitrogens is 1. The molecule has 3 nitrogen and oxygen atoms in total. The first-order valence-electron chi connectivity index (χ1n) is 8.42. The van der Waals surface area contributed by atoms with E-state index >= 15 is 0 Å². The molecule has 6 heteroatoms. The van der Waals surface area contributed by atoms with Gasteiger partial charge in [0.25, 0.3) is 5.56 Å². The Labute approximate surface area is 163 Å². The first kappa shape index (κ1) is 20.4. The third kappa shape index (κ3) is 4.64. The second-order valence-corrected chi connectivity index (χ2v) is 8.46. The van der Waals surface area contributed by atoms with Gasteiger partial charge in [0.05, 0.1) is 33.6 Å². The van der Waals surface area contributed by atoms with Crippen molar-refractivity contribution in [3.63, 3.8) is 0 Å². The lowest BCUT2D eigenvalue weighted by Crippen LogP contribution is -2.30. The maximum absolute atomic E-state index is 13.1. The molecule has 0 aliphatic carbocycles. The van der Waals surface area contributed by atoms with Gasteiger partial charge in [-0.25, -0.2) is 0 Å². The van der Waals surface area contributed by atoms with Crippen molar-refractivity contribution in [3.8, 4) is 5.75 Å². The quantitative estimate of drug-likeness (QED) is 0.419. The summed E-state index contributed by atoms with van der Waals surface area (Å²) in [5.41, 5.74) is 0.473. The Hall–Kier alpha value is -0.900. The SMILES string of the molecule is CCCCOc1c(CCl)n(CC(C)(C)C)c(=O)c2cc(Cl)c(Cl)cc12. The van der Waals surface area contributed by atoms with Crippen molar-refractivity contribution in [2.45, 2.75) is 53.0 Å². The number of rotatable bonds is 6. The van der Waals surface area contributed by atoms with Gasteiger partial charge in [-0.1, -0.05) is 57.3 Å². The van der Waals surface area contributed by atoms with Crippen LogP contribution >= 0.6 is 34.8 Å². The van der Waals surface area contributed by atoms with Crippen molar-refractivity contribution >= 4 is 45.6 Å². The number of hydrogen-bond donors (Lipinski definition) is 0. The zero-order chi connectivity index (χ0) is 18.8. The van der Waals surface area contributed by atoms with Gasteiger partial charge in [0.15, 0.2) is 0 Å². The number of fused-ring (bicyclic) bond motifs is 1. The summed E-state index contributed by atoms with van der Waals surface area (Å²) in [4.78, 5) is 13.1. The molecule has 0 spiro atoms. The monoisotopic (exact) mass is 403 g/mol. The smallest absolute Gasteiger partial charge is 0.258 e. The number of pyridine rings is 1. The zero-order valence-electron chi connectivity index (χ0n) is 15.1. The lowest BCUT2D eigenvalue weighted by atomic mass is 9.96. The van der Waals surface area contributed by atoms with Gasteiger partial charge in [-0.15, -0.1) is 11.6 Å². The molecule has 1 aromatic carbocycles. The van der Waals surface area contributed by atoms with Gasteiger partial charge in [0.2, 0.25) is 0 Å². The molecule has 0 atom stereocenters. The molecule has 0 unspecified atom stereocenters. The fourth-order valence-electron chi connectivity index (χ4n) is 2.71. The topological polar surface area (TPSA) is 31.2 Å². The minimum atomic E-state index is -0.123. The molecule has 1 heterocycles. The van der Waals surface area contributed by atoms with E-state index in [2.05, 4.69) is 27.7 Å². The van der Waals surface area contributed by atoms with Gasteiger partial charge in [-0.3, -0.25) is 4.79 Å². The van der Waals surface area contributed by atoms with Gasteiger partial charge in [0.1, 0.15) is 5.75 Å². The van der Waals surface area contributed by atoms with Crippen molar-refractivity contribution < 1.29 is 4.74 Å². The molecule has 0 aliphatic heterocycles. The van der Waals surface area contributed by atoms with Crippen LogP contribution in [0.2, 0.25) is 10.0 Å². The highest BCUT2D eigenvalue weighted by molar-refractivity contribution is 6.42. The van der Waals surface area contributed by atoms with Crippen LogP contribution in [0.5, 0.6) is 5.75 Å². The van der Waals surface area contributed by atoms with E-state index in [1.807, 2.05) is 0 Å². The van der Waals surface area contributed by atoms with E-state index in [0.717, 1.165) is 12.8 Å². The number of benzene rings is 1. The second kappa shape index (κ2) is 8.20. The van der Waals surface area contributed by atoms with Gasteiger partial charge in [-0.05, 0) is 24.0 Å². The Morgan fingerprint density at radius 2 is 1.72 bits per heavy atom. The summed E-state index contributed by atoms with van der Waals surface area (Å²) in [5.74, 6) is 0.809. The van der Waals surface area contributed by atoms with Crippen LogP contribution in [0, 0.1) is 5.41 Å². The summed E-state index contributed by atoms with van der Waals surface area (Å²) < 4.78 is 7.75. The molecule has 0 bridgehead atoms. The fourth-order valence-corrected chi connectivity index (χ4v) is 3.30. The summed E-state index contributed by atoms with van der Waals surface area (Å²) in [7, 11) is 0. The van der Waals surface area contributed by atoms with Crippen LogP contribution in [-0.4, -0.2) is 11.2 Å². The lowest BCUT2D eigenvalue weighted by Gasteiger charge is -2.25. The number of ether oxygens (including phenoxy) is 1. The third-order valence-corrected chi connectivity index (χ3v) is 4.85. The van der Waals surface area contributed by atoms with Crippen molar-refractivity contribution in [2.75, 3.05) is 6.61 Å². The normalized spacial score (nSPS) is 12.0. The zero-order valence-corrected chi connectivity index (χ0v) is 17.4. The van der Waals surface area contributed by atoms with Crippen LogP contribution in [0.15, 0.2) is 16.9 Å². The fraction of sp³-hybridized carbons (Fsp3) is 0.526. The largest absolute Gasteiger partial charge is 0.491 e. The van der Waals surface area contributed by atoms with Gasteiger partial charge in [0, 0.05) is 11.9 Å². The summed E-state index contributed by atoms with van der Waals surface area (Å²) in [6.45, 7) is 9.43. The molecule has 0 saturated heterocycles. The Balaban J connectivity index is 2.80. The highest BCUT2D eigenvalue weighted by atomic mass is 35.5. The molecule has 0 amide bonds. The average Bonchev–Trinajstić information content (AvgIpc) is 2.52. The van der Waals surface area contributed by atoms with Gasteiger partial charge in [-0.2, -0.15) is 0 Å². The first-order valence-corrected chi connectivity index (χ1v) is 9.71. The molecule has 2 aromatic rings. The molecule has 1 aromatic heterocycles. The van der Waals surface area contributed by atoms with Crippen molar-refractivity contribution in [1.29, 1.82) is 0 Å². The van der Waals surface area contributed by atoms with Crippen LogP contribution in [0.4, 0.5) is 0 Å². The van der Waals surface area contributed by atoms with Crippen LogP contribution in [0.25, 0.3) is 10.8 Å². The van der Waals surface area contributed by atoms with E-state index in [1.165, 1.54) is 0 Å². The van der Waals surface area contributed by atoms with Crippen LogP contribution < -0.4 is 10.3 Å². The minimum Gasteiger partial charge on any atom is -0.491 e. The number of hydrogen-bond acceptors (Lipinski definition) is 2. The Morgan fingerprint density at radius 3 is 2.24 bits per heavy atom. The van der Waals surface area contributed by atoms with Gasteiger partial charge < -0.3 is 9.30 Å². The molecule has 0 N–H and O–H groups in total. The average molecular weight is 405 g/mol. The summed E-state index contributed by atoms with van der Waals surface area (Å²) in [6, 6.07) is 3.31. The van der Waals surface area contributed by atoms with Crippen molar-refractivity contribution in [2.24, 2.45) is 5.41 Å². The maximum atomic E-state index is 13.1. The molecule has 25 heavy (non-hydrogen) atoms. The van der Waals surface area contributed by atoms with E-state index in [1.54, 1.807) is 16.7 Å². The summed E-state index contributed by atoms with van der Waals surface area (Å²) in [6.07, 6.45) is 1.94. The highest BCUT2D eigenvalue weighted by Crippen LogP contribution is 2.35. The molecule has 0 radical (unpaired) electrons. The third-order valence-electron chi connectivity index (χ3n) is 3.87. The minimum absolute atomic E-state index is 0.0881. The Bertz CT molecular complexity index is 822. The summed E-state index contributed by atoms with van der Waals surface area (Å²) in [5, 5.41) is 1.91. The standard InChI is InChI=1S/C19H24Cl3NO2/c1-5-6-7-25-17-12-8-14(21)15(22)9-13(12)18(24)23(16(17)10-20)11-19(2,3)4/h8-9H,5-7,10-11H2,1-4H3. The number of nitrogens with zero attached hydrogens (tertiary/aromatic N) is 1. The molecule has 0 aliphatic rings. The van der Waals surface area contributed by atoms with Crippen LogP contribution in [0.1, 0.15) is 46.2 Å². The maximum Gasteiger partial charge on any atom is 0.258 e. The first-order chi connectivity index (χ1) is 11.7. The van der Waals surface area contributed by atoms with Crippen molar-refractivity contribution in [1.82, 2.24) is 4.57 Å². The lowest BCUT2D eigenvalue weighted by molar-refractivity contribution is 0.297. The van der Waals surface area contributed by atoms with Crippen LogP contribution in [0.3, 0.4) is 0 Å². The van der Waals surface area contributed by atoms with E-state index in [0.29, 0.717) is 45.4 Å². The van der Waals surface area contributed by atoms with Crippen molar-refractivity contribution in [3.05, 3.63) is 38.2 Å². The van der Waals surface area contributed by atoms with E-state index in [9.17, 15) is 4.79 Å². The predicted molar refractivity (Wildman–Crippen MR) is 108 cm³/mol. The number of halogens is 3. The molecular weight excluding hydrogens is 381 g/mol. The second-order valence-electron chi connectivity index (χ2n) is 7.38. The number of unbranched alkanes of at least 4 members (excludes halogenated alkanes) is 1. The van der Waals surface area contributed by atoms with Crippen LogP contribution in [-0.2, 0) is 12.4 Å². The van der Waals surface area contributed by atoms with E-state index in [-0.39, 0.29) is 16.9 Å². The van der Waals surface area contributed by atoms with E-state index in [4.69, 9.17) is 39.5 Å². The molecule has 0 saturated carbocycles. The number of alkyl halides is 1. The van der Waals surface area contributed by atoms with E-state index < -0.39 is 0 Å². The molecule has 138 valence electrons. The molecular formula is C19H24Cl3NO2. The highest BCUT2D eigenvalue weighted by Gasteiger charge is 2.22. The molecule has 2 rings (SSSR count). The van der Waals surface area contributed by atoms with Gasteiger partial charge >= 0.3 is 0 Å². The Morgan fingerprint density at radius 1 is 1.12 bits per heavy atom. The summed E-state index contributed by atoms with van der Waals surface area (Å²) >= 11 is 18.6. The predicted octanol–water partition coefficient (Wildman–Crippen LogP) is 6.27.